The molecule has 0 aliphatic carbocycles. The maximum absolute atomic E-state index is 5.39. The van der Waals surface area contributed by atoms with Crippen LogP contribution in [0.3, 0.4) is 0 Å². The Kier molecular flexibility index (Phi) is 5.81. The minimum Gasteiger partial charge on any atom is -0.330 e. The second-order valence-corrected chi connectivity index (χ2v) is 4.11. The van der Waals surface area contributed by atoms with Crippen LogP contribution in [-0.4, -0.2) is 19.6 Å². The number of nitrogens with one attached hydrogen (secondary N) is 1. The molecule has 1 aromatic rings. The van der Waals surface area contributed by atoms with Crippen LogP contribution in [0.25, 0.3) is 0 Å². The van der Waals surface area contributed by atoms with Crippen LogP contribution >= 0.6 is 11.3 Å². The Morgan fingerprint density at radius 3 is 2.92 bits per heavy atom. The summed E-state index contributed by atoms with van der Waals surface area (Å²) in [6, 6.07) is 4.29. The Morgan fingerprint density at radius 2 is 2.23 bits per heavy atom. The van der Waals surface area contributed by atoms with Crippen LogP contribution in [0, 0.1) is 0 Å². The van der Waals surface area contributed by atoms with Gasteiger partial charge in [0, 0.05) is 4.88 Å². The van der Waals surface area contributed by atoms with Gasteiger partial charge in [0.25, 0.3) is 0 Å². The summed E-state index contributed by atoms with van der Waals surface area (Å²) in [7, 11) is 0. The molecule has 0 fully saturated rings. The van der Waals surface area contributed by atoms with E-state index in [0.717, 1.165) is 32.5 Å². The highest BCUT2D eigenvalue weighted by atomic mass is 32.1. The van der Waals surface area contributed by atoms with Crippen molar-refractivity contribution in [2.75, 3.05) is 19.6 Å². The van der Waals surface area contributed by atoms with E-state index in [0.29, 0.717) is 0 Å². The highest BCUT2D eigenvalue weighted by Crippen LogP contribution is 2.07. The first kappa shape index (κ1) is 10.7. The number of nitrogens with two attached hydrogens (primary N) is 1. The van der Waals surface area contributed by atoms with E-state index in [-0.39, 0.29) is 0 Å². The van der Waals surface area contributed by atoms with Crippen LogP contribution in [0.5, 0.6) is 0 Å². The standard InChI is InChI=1S/C10H18N2S/c11-6-1-2-7-12-8-5-10-4-3-9-13-10/h3-4,9,12H,1-2,5-8,11H2. The zero-order valence-corrected chi connectivity index (χ0v) is 8.78. The second kappa shape index (κ2) is 7.06. The molecule has 0 saturated heterocycles. The summed E-state index contributed by atoms with van der Waals surface area (Å²) in [4.78, 5) is 1.46. The molecule has 0 atom stereocenters. The van der Waals surface area contributed by atoms with Gasteiger partial charge in [0.15, 0.2) is 0 Å². The van der Waals surface area contributed by atoms with Crippen LogP contribution in [-0.2, 0) is 6.42 Å². The van der Waals surface area contributed by atoms with E-state index in [1.165, 1.54) is 11.3 Å². The molecular weight excluding hydrogens is 180 g/mol. The van der Waals surface area contributed by atoms with E-state index in [9.17, 15) is 0 Å². The van der Waals surface area contributed by atoms with Crippen molar-refractivity contribution in [1.29, 1.82) is 0 Å². The monoisotopic (exact) mass is 198 g/mol. The van der Waals surface area contributed by atoms with Gasteiger partial charge in [0.1, 0.15) is 0 Å². The Bertz CT molecular complexity index is 197. The Balaban J connectivity index is 1.90. The van der Waals surface area contributed by atoms with Crippen LogP contribution in [0.2, 0.25) is 0 Å². The fraction of sp³-hybridized carbons (Fsp3) is 0.600. The first-order chi connectivity index (χ1) is 6.43. The third-order valence-electron chi connectivity index (χ3n) is 1.94. The van der Waals surface area contributed by atoms with Gasteiger partial charge in [-0.05, 0) is 50.3 Å². The molecule has 1 aromatic heterocycles. The van der Waals surface area contributed by atoms with Gasteiger partial charge < -0.3 is 11.1 Å². The predicted octanol–water partition coefficient (Wildman–Crippen LogP) is 1.62. The molecule has 0 aliphatic rings. The Hall–Kier alpha value is -0.380. The molecule has 3 N–H and O–H groups in total. The molecule has 13 heavy (non-hydrogen) atoms. The molecule has 2 nitrogen and oxygen atoms in total. The van der Waals surface area contributed by atoms with Gasteiger partial charge in [-0.2, -0.15) is 0 Å². The van der Waals surface area contributed by atoms with Gasteiger partial charge in [-0.3, -0.25) is 0 Å². The smallest absolute Gasteiger partial charge is 0.00578 e. The number of thiophene rings is 1. The molecule has 0 unspecified atom stereocenters. The van der Waals surface area contributed by atoms with Gasteiger partial charge in [-0.15, -0.1) is 11.3 Å². The Morgan fingerprint density at radius 1 is 1.31 bits per heavy atom. The van der Waals surface area contributed by atoms with Crippen molar-refractivity contribution in [3.63, 3.8) is 0 Å². The van der Waals surface area contributed by atoms with Crippen molar-refractivity contribution in [3.8, 4) is 0 Å². The molecule has 3 heteroatoms. The summed E-state index contributed by atoms with van der Waals surface area (Å²) in [5.41, 5.74) is 5.39. The van der Waals surface area contributed by atoms with E-state index < -0.39 is 0 Å². The second-order valence-electron chi connectivity index (χ2n) is 3.08. The van der Waals surface area contributed by atoms with E-state index in [4.69, 9.17) is 5.73 Å². The van der Waals surface area contributed by atoms with Crippen molar-refractivity contribution < 1.29 is 0 Å². The van der Waals surface area contributed by atoms with Crippen molar-refractivity contribution in [1.82, 2.24) is 5.32 Å². The summed E-state index contributed by atoms with van der Waals surface area (Å²) >= 11 is 1.83. The normalized spacial score (nSPS) is 10.5. The molecule has 74 valence electrons. The van der Waals surface area contributed by atoms with Crippen LogP contribution in [0.1, 0.15) is 17.7 Å². The molecule has 0 saturated carbocycles. The highest BCUT2D eigenvalue weighted by molar-refractivity contribution is 7.09. The molecular formula is C10H18N2S. The average Bonchev–Trinajstić information content (AvgIpc) is 2.63. The third-order valence-corrected chi connectivity index (χ3v) is 2.87. The first-order valence-corrected chi connectivity index (χ1v) is 5.74. The number of hydrogen-bond donors (Lipinski definition) is 2. The largest absolute Gasteiger partial charge is 0.330 e. The number of hydrogen-bond acceptors (Lipinski definition) is 3. The van der Waals surface area contributed by atoms with Crippen molar-refractivity contribution >= 4 is 11.3 Å². The van der Waals surface area contributed by atoms with Crippen molar-refractivity contribution in [3.05, 3.63) is 22.4 Å². The predicted molar refractivity (Wildman–Crippen MR) is 59.2 cm³/mol. The summed E-state index contributed by atoms with van der Waals surface area (Å²) in [5, 5.41) is 5.54. The fourth-order valence-electron chi connectivity index (χ4n) is 1.19. The molecule has 0 radical (unpaired) electrons. The fourth-order valence-corrected chi connectivity index (χ4v) is 1.89. The average molecular weight is 198 g/mol. The minimum absolute atomic E-state index is 0.812. The molecule has 1 rings (SSSR count). The van der Waals surface area contributed by atoms with Crippen molar-refractivity contribution in [2.45, 2.75) is 19.3 Å². The van der Waals surface area contributed by atoms with E-state index >= 15 is 0 Å². The molecule has 0 aliphatic heterocycles. The van der Waals surface area contributed by atoms with Crippen LogP contribution in [0.4, 0.5) is 0 Å². The van der Waals surface area contributed by atoms with E-state index in [2.05, 4.69) is 22.8 Å². The van der Waals surface area contributed by atoms with Gasteiger partial charge >= 0.3 is 0 Å². The van der Waals surface area contributed by atoms with Gasteiger partial charge in [0.05, 0.1) is 0 Å². The van der Waals surface area contributed by atoms with Gasteiger partial charge in [0.2, 0.25) is 0 Å². The zero-order chi connectivity index (χ0) is 9.36. The van der Waals surface area contributed by atoms with E-state index in [1.807, 2.05) is 11.3 Å². The number of rotatable bonds is 7. The minimum atomic E-state index is 0.812. The molecule has 1 heterocycles. The van der Waals surface area contributed by atoms with Gasteiger partial charge in [-0.25, -0.2) is 0 Å². The van der Waals surface area contributed by atoms with Crippen LogP contribution in [0.15, 0.2) is 17.5 Å². The Labute approximate surface area is 84.2 Å². The topological polar surface area (TPSA) is 38.0 Å². The summed E-state index contributed by atoms with van der Waals surface area (Å²) < 4.78 is 0. The molecule has 0 aromatic carbocycles. The lowest BCUT2D eigenvalue weighted by molar-refractivity contribution is 0.629. The summed E-state index contributed by atoms with van der Waals surface area (Å²) in [6.45, 7) is 3.00. The maximum Gasteiger partial charge on any atom is 0.00578 e. The highest BCUT2D eigenvalue weighted by Gasteiger charge is 1.92. The van der Waals surface area contributed by atoms with Crippen molar-refractivity contribution in [2.24, 2.45) is 5.73 Å². The lowest BCUT2D eigenvalue weighted by Crippen LogP contribution is -2.18. The lowest BCUT2D eigenvalue weighted by atomic mass is 10.3. The molecule has 0 amide bonds. The first-order valence-electron chi connectivity index (χ1n) is 4.86. The van der Waals surface area contributed by atoms with E-state index in [1.54, 1.807) is 0 Å². The lowest BCUT2D eigenvalue weighted by Gasteiger charge is -2.02. The van der Waals surface area contributed by atoms with Crippen LogP contribution < -0.4 is 11.1 Å². The third kappa shape index (κ3) is 5.03. The maximum atomic E-state index is 5.39. The summed E-state index contributed by atoms with van der Waals surface area (Å²) in [6.07, 6.45) is 3.48. The quantitative estimate of drug-likeness (QED) is 0.653. The SMILES string of the molecule is NCCCCNCCc1cccs1. The summed E-state index contributed by atoms with van der Waals surface area (Å²) in [5.74, 6) is 0. The molecule has 0 bridgehead atoms. The molecule has 0 spiro atoms. The van der Waals surface area contributed by atoms with Gasteiger partial charge in [-0.1, -0.05) is 6.07 Å². The number of unbranched alkanes of at least 4 members (excludes halogenated alkanes) is 1. The zero-order valence-electron chi connectivity index (χ0n) is 7.96.